The lowest BCUT2D eigenvalue weighted by Gasteiger charge is -2.25. The first kappa shape index (κ1) is 13.2. The molecular formula is C15H15NO3S. The van der Waals surface area contributed by atoms with Gasteiger partial charge in [0.15, 0.2) is 0 Å². The van der Waals surface area contributed by atoms with Gasteiger partial charge in [-0.3, -0.25) is 14.1 Å². The number of hydrogen-bond acceptors (Lipinski definition) is 4. The van der Waals surface area contributed by atoms with Crippen LogP contribution >= 0.6 is 10.6 Å². The number of hydrogen-bond donors (Lipinski definition) is 2. The van der Waals surface area contributed by atoms with E-state index in [4.69, 9.17) is 4.74 Å². The van der Waals surface area contributed by atoms with E-state index in [0.29, 0.717) is 17.3 Å². The summed E-state index contributed by atoms with van der Waals surface area (Å²) in [7, 11) is -2.78. The molecule has 1 aliphatic rings. The fourth-order valence-corrected chi connectivity index (χ4v) is 3.38. The van der Waals surface area contributed by atoms with Crippen molar-refractivity contribution < 1.29 is 13.8 Å². The molecule has 2 N–H and O–H groups in total. The van der Waals surface area contributed by atoms with Gasteiger partial charge in [-0.05, 0) is 29.8 Å². The average molecular weight is 289 g/mol. The third kappa shape index (κ3) is 2.56. The Balaban J connectivity index is 1.71. The molecular weight excluding hydrogens is 274 g/mol. The van der Waals surface area contributed by atoms with Gasteiger partial charge in [-0.15, -0.1) is 10.6 Å². The summed E-state index contributed by atoms with van der Waals surface area (Å²) >= 11 is 0. The largest absolute Gasteiger partial charge is 0.493 e. The van der Waals surface area contributed by atoms with Gasteiger partial charge in [0.1, 0.15) is 5.75 Å². The predicted molar refractivity (Wildman–Crippen MR) is 80.0 cm³/mol. The molecule has 0 aliphatic carbocycles. The van der Waals surface area contributed by atoms with Crippen LogP contribution in [0, 0.1) is 0 Å². The van der Waals surface area contributed by atoms with Gasteiger partial charge in [-0.1, -0.05) is 12.1 Å². The SMILES string of the molecule is OS1(O)C=Cc2c(OCCc3cccnc3)cccc21. The highest BCUT2D eigenvalue weighted by atomic mass is 32.3. The van der Waals surface area contributed by atoms with Gasteiger partial charge in [0.2, 0.25) is 0 Å². The molecule has 5 heteroatoms. The number of pyridine rings is 1. The van der Waals surface area contributed by atoms with Gasteiger partial charge < -0.3 is 4.74 Å². The third-order valence-electron chi connectivity index (χ3n) is 3.15. The topological polar surface area (TPSA) is 62.6 Å². The van der Waals surface area contributed by atoms with E-state index >= 15 is 0 Å². The first-order valence-electron chi connectivity index (χ1n) is 6.28. The van der Waals surface area contributed by atoms with Gasteiger partial charge in [0.05, 0.1) is 11.5 Å². The molecule has 104 valence electrons. The Morgan fingerprint density at radius 3 is 2.85 bits per heavy atom. The van der Waals surface area contributed by atoms with Crippen LogP contribution < -0.4 is 4.74 Å². The van der Waals surface area contributed by atoms with Crippen molar-refractivity contribution >= 4 is 16.7 Å². The Bertz CT molecular complexity index is 641. The number of nitrogens with zero attached hydrogens (tertiary/aromatic N) is 1. The van der Waals surface area contributed by atoms with E-state index in [2.05, 4.69) is 4.98 Å². The minimum Gasteiger partial charge on any atom is -0.493 e. The molecule has 0 spiro atoms. The van der Waals surface area contributed by atoms with Crippen LogP contribution in [-0.4, -0.2) is 20.7 Å². The molecule has 0 amide bonds. The standard InChI is InChI=1S/C15H15NO3S/c17-20(18)10-7-13-14(4-1-5-15(13)20)19-9-6-12-3-2-8-16-11-12/h1-5,7-8,10-11,17-18H,6,9H2. The van der Waals surface area contributed by atoms with Crippen LogP contribution in [0.1, 0.15) is 11.1 Å². The summed E-state index contributed by atoms with van der Waals surface area (Å²) in [4.78, 5) is 4.60. The maximum atomic E-state index is 9.86. The van der Waals surface area contributed by atoms with E-state index in [1.165, 1.54) is 5.41 Å². The van der Waals surface area contributed by atoms with Crippen LogP contribution in [0.15, 0.2) is 53.0 Å². The zero-order valence-electron chi connectivity index (χ0n) is 10.8. The Morgan fingerprint density at radius 1 is 1.15 bits per heavy atom. The molecule has 2 aromatic rings. The highest BCUT2D eigenvalue weighted by Crippen LogP contribution is 2.57. The number of ether oxygens (including phenoxy) is 1. The molecule has 0 atom stereocenters. The summed E-state index contributed by atoms with van der Waals surface area (Å²) in [6, 6.07) is 9.24. The van der Waals surface area contributed by atoms with Gasteiger partial charge >= 0.3 is 0 Å². The molecule has 20 heavy (non-hydrogen) atoms. The fourth-order valence-electron chi connectivity index (χ4n) is 2.14. The lowest BCUT2D eigenvalue weighted by Crippen LogP contribution is -2.03. The molecule has 2 heterocycles. The van der Waals surface area contributed by atoms with Gasteiger partial charge in [-0.2, -0.15) is 0 Å². The van der Waals surface area contributed by atoms with Crippen molar-refractivity contribution in [3.8, 4) is 5.75 Å². The Hall–Kier alpha value is -1.82. The summed E-state index contributed by atoms with van der Waals surface area (Å²) < 4.78 is 25.5. The van der Waals surface area contributed by atoms with Gasteiger partial charge in [0, 0.05) is 29.8 Å². The van der Waals surface area contributed by atoms with E-state index in [9.17, 15) is 9.11 Å². The quantitative estimate of drug-likeness (QED) is 0.898. The second kappa shape index (κ2) is 5.28. The van der Waals surface area contributed by atoms with Crippen molar-refractivity contribution in [2.45, 2.75) is 11.3 Å². The van der Waals surface area contributed by atoms with E-state index in [-0.39, 0.29) is 0 Å². The number of fused-ring (bicyclic) bond motifs is 1. The van der Waals surface area contributed by atoms with Crippen molar-refractivity contribution in [1.82, 2.24) is 4.98 Å². The minimum atomic E-state index is -2.78. The van der Waals surface area contributed by atoms with Crippen LogP contribution in [0.25, 0.3) is 6.08 Å². The molecule has 0 bridgehead atoms. The first-order chi connectivity index (χ1) is 9.67. The molecule has 1 aromatic heterocycles. The average Bonchev–Trinajstić information content (AvgIpc) is 2.77. The molecule has 0 unspecified atom stereocenters. The van der Waals surface area contributed by atoms with E-state index in [0.717, 1.165) is 17.5 Å². The molecule has 3 rings (SSSR count). The molecule has 0 radical (unpaired) electrons. The monoisotopic (exact) mass is 289 g/mol. The second-order valence-corrected chi connectivity index (χ2v) is 6.42. The summed E-state index contributed by atoms with van der Waals surface area (Å²) in [5.41, 5.74) is 1.87. The van der Waals surface area contributed by atoms with E-state index in [1.807, 2.05) is 24.4 Å². The Morgan fingerprint density at radius 2 is 2.05 bits per heavy atom. The highest BCUT2D eigenvalue weighted by molar-refractivity contribution is 8.27. The van der Waals surface area contributed by atoms with Crippen molar-refractivity contribution in [3.05, 3.63) is 59.3 Å². The molecule has 0 fully saturated rings. The van der Waals surface area contributed by atoms with Gasteiger partial charge in [0.25, 0.3) is 0 Å². The molecule has 4 nitrogen and oxygen atoms in total. The number of benzene rings is 1. The molecule has 1 aliphatic heterocycles. The molecule has 1 aromatic carbocycles. The third-order valence-corrected chi connectivity index (χ3v) is 4.66. The second-order valence-electron chi connectivity index (χ2n) is 4.52. The smallest absolute Gasteiger partial charge is 0.128 e. The van der Waals surface area contributed by atoms with E-state index < -0.39 is 10.6 Å². The fraction of sp³-hybridized carbons (Fsp3) is 0.133. The van der Waals surface area contributed by atoms with Crippen LogP contribution in [-0.2, 0) is 6.42 Å². The highest BCUT2D eigenvalue weighted by Gasteiger charge is 2.23. The Kier molecular flexibility index (Phi) is 3.48. The number of aromatic nitrogens is 1. The van der Waals surface area contributed by atoms with Gasteiger partial charge in [-0.25, -0.2) is 0 Å². The van der Waals surface area contributed by atoms with Crippen LogP contribution in [0.2, 0.25) is 0 Å². The lowest BCUT2D eigenvalue weighted by atomic mass is 10.2. The van der Waals surface area contributed by atoms with Crippen molar-refractivity contribution in [2.24, 2.45) is 0 Å². The molecule has 0 saturated carbocycles. The maximum Gasteiger partial charge on any atom is 0.128 e. The minimum absolute atomic E-state index is 0.523. The van der Waals surface area contributed by atoms with Crippen LogP contribution in [0.3, 0.4) is 0 Å². The Labute approximate surface area is 119 Å². The number of rotatable bonds is 4. The normalized spacial score (nSPS) is 16.7. The summed E-state index contributed by atoms with van der Waals surface area (Å²) in [6.07, 6.45) is 6.03. The van der Waals surface area contributed by atoms with Crippen molar-refractivity contribution in [3.63, 3.8) is 0 Å². The maximum absolute atomic E-state index is 9.86. The van der Waals surface area contributed by atoms with Crippen molar-refractivity contribution in [1.29, 1.82) is 0 Å². The summed E-state index contributed by atoms with van der Waals surface area (Å²) in [5.74, 6) is 0.681. The zero-order valence-corrected chi connectivity index (χ0v) is 11.6. The predicted octanol–water partition coefficient (Wildman–Crippen LogP) is 3.80. The van der Waals surface area contributed by atoms with Crippen LogP contribution in [0.4, 0.5) is 0 Å². The van der Waals surface area contributed by atoms with Crippen LogP contribution in [0.5, 0.6) is 5.75 Å². The van der Waals surface area contributed by atoms with E-state index in [1.54, 1.807) is 24.4 Å². The first-order valence-corrected chi connectivity index (χ1v) is 7.89. The van der Waals surface area contributed by atoms with Crippen molar-refractivity contribution in [2.75, 3.05) is 6.61 Å². The summed E-state index contributed by atoms with van der Waals surface area (Å²) in [6.45, 7) is 0.523. The zero-order chi connectivity index (χ0) is 14.0. The summed E-state index contributed by atoms with van der Waals surface area (Å²) in [5, 5.41) is 1.44. The lowest BCUT2D eigenvalue weighted by molar-refractivity contribution is 0.320. The molecule has 0 saturated heterocycles.